The molecule has 3 atom stereocenters. The zero-order chi connectivity index (χ0) is 8.27. The predicted octanol–water partition coefficient (Wildman–Crippen LogP) is 1.24. The van der Waals surface area contributed by atoms with E-state index >= 15 is 0 Å². The Morgan fingerprint density at radius 2 is 2.36 bits per heavy atom. The molecule has 0 spiro atoms. The molecule has 0 amide bonds. The third-order valence-electron chi connectivity index (χ3n) is 2.02. The van der Waals surface area contributed by atoms with Gasteiger partial charge in [-0.1, -0.05) is 6.92 Å². The predicted molar refractivity (Wildman–Crippen MR) is 48.5 cm³/mol. The quantitative estimate of drug-likeness (QED) is 0.677. The van der Waals surface area contributed by atoms with Gasteiger partial charge in [0.1, 0.15) is 0 Å². The fourth-order valence-electron chi connectivity index (χ4n) is 1.23. The van der Waals surface area contributed by atoms with Crippen molar-refractivity contribution in [2.75, 3.05) is 11.5 Å². The second kappa shape index (κ2) is 3.99. The molecule has 0 bridgehead atoms. The van der Waals surface area contributed by atoms with E-state index < -0.39 is 0 Å². The fourth-order valence-corrected chi connectivity index (χ4v) is 2.65. The Labute approximate surface area is 72.4 Å². The van der Waals surface area contributed by atoms with Gasteiger partial charge in [-0.25, -0.2) is 0 Å². The van der Waals surface area contributed by atoms with Crippen molar-refractivity contribution in [1.29, 1.82) is 5.26 Å². The Morgan fingerprint density at radius 1 is 1.64 bits per heavy atom. The van der Waals surface area contributed by atoms with E-state index in [1.807, 2.05) is 18.7 Å². The van der Waals surface area contributed by atoms with Crippen molar-refractivity contribution >= 4 is 11.8 Å². The maximum Gasteiger partial charge on any atom is 0.0926 e. The van der Waals surface area contributed by atoms with Crippen LogP contribution < -0.4 is 5.32 Å². The number of rotatable bonds is 2. The zero-order valence-corrected chi connectivity index (χ0v) is 7.82. The summed E-state index contributed by atoms with van der Waals surface area (Å²) < 4.78 is 0. The van der Waals surface area contributed by atoms with Crippen molar-refractivity contribution in [1.82, 2.24) is 5.32 Å². The first-order valence-electron chi connectivity index (χ1n) is 3.97. The maximum atomic E-state index is 8.56. The summed E-state index contributed by atoms with van der Waals surface area (Å²) in [6, 6.07) is 2.74. The largest absolute Gasteiger partial charge is 0.298 e. The van der Waals surface area contributed by atoms with E-state index in [4.69, 9.17) is 5.26 Å². The molecule has 3 heteroatoms. The Morgan fingerprint density at radius 3 is 2.82 bits per heavy atom. The van der Waals surface area contributed by atoms with Crippen LogP contribution in [0.25, 0.3) is 0 Å². The maximum absolute atomic E-state index is 8.56. The second-order valence-electron chi connectivity index (χ2n) is 3.14. The van der Waals surface area contributed by atoms with E-state index in [1.165, 1.54) is 5.75 Å². The van der Waals surface area contributed by atoms with Gasteiger partial charge < -0.3 is 0 Å². The summed E-state index contributed by atoms with van der Waals surface area (Å²) in [5.41, 5.74) is 0. The third kappa shape index (κ3) is 2.39. The van der Waals surface area contributed by atoms with E-state index in [0.717, 1.165) is 11.7 Å². The third-order valence-corrected chi connectivity index (χ3v) is 3.38. The van der Waals surface area contributed by atoms with Crippen LogP contribution in [0.5, 0.6) is 0 Å². The van der Waals surface area contributed by atoms with E-state index in [9.17, 15) is 0 Å². The van der Waals surface area contributed by atoms with Gasteiger partial charge in [0.2, 0.25) is 0 Å². The molecule has 11 heavy (non-hydrogen) atoms. The van der Waals surface area contributed by atoms with Crippen LogP contribution >= 0.6 is 11.8 Å². The summed E-state index contributed by atoms with van der Waals surface area (Å²) in [5, 5.41) is 11.9. The summed E-state index contributed by atoms with van der Waals surface area (Å²) in [6.07, 6.45) is 0. The van der Waals surface area contributed by atoms with Gasteiger partial charge in [0.05, 0.1) is 12.1 Å². The Hall–Kier alpha value is -0.200. The lowest BCUT2D eigenvalue weighted by atomic mass is 10.1. The highest BCUT2D eigenvalue weighted by molar-refractivity contribution is 7.99. The lowest BCUT2D eigenvalue weighted by Crippen LogP contribution is -2.39. The molecule has 0 aromatic rings. The summed E-state index contributed by atoms with van der Waals surface area (Å²) in [4.78, 5) is 0. The first-order chi connectivity index (χ1) is 5.24. The van der Waals surface area contributed by atoms with Crippen LogP contribution in [0.2, 0.25) is 0 Å². The minimum absolute atomic E-state index is 0.00106. The highest BCUT2D eigenvalue weighted by Crippen LogP contribution is 2.23. The number of nitrogens with one attached hydrogen (secondary N) is 1. The number of nitrogens with zero attached hydrogens (tertiary/aromatic N) is 1. The highest BCUT2D eigenvalue weighted by atomic mass is 32.2. The molecular weight excluding hydrogens is 156 g/mol. The second-order valence-corrected chi connectivity index (χ2v) is 4.21. The van der Waals surface area contributed by atoms with Gasteiger partial charge in [0, 0.05) is 11.8 Å². The summed E-state index contributed by atoms with van der Waals surface area (Å²) >= 11 is 1.97. The van der Waals surface area contributed by atoms with Gasteiger partial charge in [-0.2, -0.15) is 17.0 Å². The first kappa shape index (κ1) is 8.89. The van der Waals surface area contributed by atoms with Gasteiger partial charge in [-0.05, 0) is 18.6 Å². The van der Waals surface area contributed by atoms with Crippen molar-refractivity contribution in [3.05, 3.63) is 0 Å². The van der Waals surface area contributed by atoms with Crippen LogP contribution in [0.15, 0.2) is 0 Å². The van der Waals surface area contributed by atoms with Gasteiger partial charge >= 0.3 is 0 Å². The molecule has 2 nitrogen and oxygen atoms in total. The van der Waals surface area contributed by atoms with Crippen LogP contribution in [0.3, 0.4) is 0 Å². The van der Waals surface area contributed by atoms with Crippen molar-refractivity contribution in [2.24, 2.45) is 5.92 Å². The van der Waals surface area contributed by atoms with E-state index in [-0.39, 0.29) is 6.04 Å². The Kier molecular flexibility index (Phi) is 3.22. The molecule has 0 aromatic heterocycles. The lowest BCUT2D eigenvalue weighted by molar-refractivity contribution is 0.438. The fraction of sp³-hybridized carbons (Fsp3) is 0.875. The minimum Gasteiger partial charge on any atom is -0.298 e. The standard InChI is InChI=1S/C8H14N2S/c1-6-4-11-5-8(6)10-7(2)3-9/h6-8,10H,4-5H2,1-2H3. The molecule has 0 aliphatic carbocycles. The molecule has 62 valence electrons. The molecular formula is C8H14N2S. The molecule has 1 aliphatic rings. The smallest absolute Gasteiger partial charge is 0.0926 e. The summed E-state index contributed by atoms with van der Waals surface area (Å²) in [7, 11) is 0. The minimum atomic E-state index is 0.00106. The lowest BCUT2D eigenvalue weighted by Gasteiger charge is -2.17. The number of nitriles is 1. The van der Waals surface area contributed by atoms with Crippen molar-refractivity contribution in [2.45, 2.75) is 25.9 Å². The SMILES string of the molecule is CC(C#N)NC1CSCC1C. The summed E-state index contributed by atoms with van der Waals surface area (Å²) in [6.45, 7) is 4.15. The van der Waals surface area contributed by atoms with Crippen LogP contribution in [0, 0.1) is 17.2 Å². The molecule has 1 rings (SSSR count). The Bertz CT molecular complexity index is 164. The van der Waals surface area contributed by atoms with Crippen LogP contribution in [-0.2, 0) is 0 Å². The van der Waals surface area contributed by atoms with Crippen molar-refractivity contribution in [3.8, 4) is 6.07 Å². The van der Waals surface area contributed by atoms with E-state index in [2.05, 4.69) is 18.3 Å². The van der Waals surface area contributed by atoms with Gasteiger partial charge in [0.15, 0.2) is 0 Å². The molecule has 0 aromatic carbocycles. The average molecular weight is 170 g/mol. The molecule has 1 saturated heterocycles. The van der Waals surface area contributed by atoms with Gasteiger partial charge in [-0.3, -0.25) is 5.32 Å². The van der Waals surface area contributed by atoms with Gasteiger partial charge in [0.25, 0.3) is 0 Å². The molecule has 1 aliphatic heterocycles. The van der Waals surface area contributed by atoms with E-state index in [1.54, 1.807) is 0 Å². The monoisotopic (exact) mass is 170 g/mol. The summed E-state index contributed by atoms with van der Waals surface area (Å²) in [5.74, 6) is 3.11. The normalized spacial score (nSPS) is 33.2. The van der Waals surface area contributed by atoms with Crippen LogP contribution in [0.1, 0.15) is 13.8 Å². The molecule has 0 saturated carbocycles. The van der Waals surface area contributed by atoms with Crippen molar-refractivity contribution in [3.63, 3.8) is 0 Å². The number of hydrogen-bond acceptors (Lipinski definition) is 3. The van der Waals surface area contributed by atoms with Crippen LogP contribution in [-0.4, -0.2) is 23.6 Å². The topological polar surface area (TPSA) is 35.8 Å². The van der Waals surface area contributed by atoms with Gasteiger partial charge in [-0.15, -0.1) is 0 Å². The molecule has 0 radical (unpaired) electrons. The molecule has 1 N–H and O–H groups in total. The van der Waals surface area contributed by atoms with Crippen LogP contribution in [0.4, 0.5) is 0 Å². The average Bonchev–Trinajstić information content (AvgIpc) is 2.37. The zero-order valence-electron chi connectivity index (χ0n) is 7.00. The highest BCUT2D eigenvalue weighted by Gasteiger charge is 2.24. The molecule has 1 fully saturated rings. The van der Waals surface area contributed by atoms with E-state index in [0.29, 0.717) is 6.04 Å². The first-order valence-corrected chi connectivity index (χ1v) is 5.13. The number of thioether (sulfide) groups is 1. The Balaban J connectivity index is 2.32. The molecule has 3 unspecified atom stereocenters. The number of hydrogen-bond donors (Lipinski definition) is 1. The molecule has 1 heterocycles. The van der Waals surface area contributed by atoms with Crippen molar-refractivity contribution < 1.29 is 0 Å².